The third-order valence-electron chi connectivity index (χ3n) is 3.08. The molecule has 0 radical (unpaired) electrons. The lowest BCUT2D eigenvalue weighted by atomic mass is 9.93. The molecule has 4 heteroatoms. The van der Waals surface area contributed by atoms with Crippen molar-refractivity contribution in [2.45, 2.75) is 20.4 Å². The second-order valence-electron chi connectivity index (χ2n) is 5.73. The fourth-order valence-corrected chi connectivity index (χ4v) is 2.03. The van der Waals surface area contributed by atoms with E-state index in [1.807, 2.05) is 12.1 Å². The number of rotatable bonds is 6. The molecule has 0 aromatic heterocycles. The fourth-order valence-electron chi connectivity index (χ4n) is 2.03. The van der Waals surface area contributed by atoms with E-state index in [2.05, 4.69) is 30.5 Å². The number of nitrogens with zero attached hydrogens (tertiary/aromatic N) is 1. The maximum absolute atomic E-state index is 11.3. The summed E-state index contributed by atoms with van der Waals surface area (Å²) in [6.07, 6.45) is 0. The van der Waals surface area contributed by atoms with E-state index in [1.165, 1.54) is 12.7 Å². The summed E-state index contributed by atoms with van der Waals surface area (Å²) in [5.41, 5.74) is 7.60. The minimum absolute atomic E-state index is 0.112. The van der Waals surface area contributed by atoms with E-state index in [0.717, 1.165) is 13.1 Å². The maximum Gasteiger partial charge on any atom is 0.337 e. The molecule has 0 fully saturated rings. The lowest BCUT2D eigenvalue weighted by Crippen LogP contribution is -2.36. The van der Waals surface area contributed by atoms with Crippen LogP contribution in [0.1, 0.15) is 29.8 Å². The molecule has 19 heavy (non-hydrogen) atoms. The number of esters is 1. The summed E-state index contributed by atoms with van der Waals surface area (Å²) < 4.78 is 4.67. The van der Waals surface area contributed by atoms with Gasteiger partial charge < -0.3 is 15.4 Å². The number of nitrogens with two attached hydrogens (primary N) is 1. The first-order valence-electron chi connectivity index (χ1n) is 6.44. The Labute approximate surface area is 115 Å². The maximum atomic E-state index is 11.3. The van der Waals surface area contributed by atoms with E-state index in [-0.39, 0.29) is 11.4 Å². The molecule has 1 aromatic rings. The zero-order valence-electron chi connectivity index (χ0n) is 12.3. The second kappa shape index (κ2) is 6.68. The van der Waals surface area contributed by atoms with Gasteiger partial charge in [-0.15, -0.1) is 0 Å². The van der Waals surface area contributed by atoms with Crippen molar-refractivity contribution in [3.05, 3.63) is 35.4 Å². The molecular weight excluding hydrogens is 240 g/mol. The van der Waals surface area contributed by atoms with Gasteiger partial charge in [0, 0.05) is 13.1 Å². The predicted octanol–water partition coefficient (Wildman–Crippen LogP) is 1.89. The monoisotopic (exact) mass is 264 g/mol. The van der Waals surface area contributed by atoms with Crippen LogP contribution in [0.5, 0.6) is 0 Å². The Hall–Kier alpha value is -1.39. The highest BCUT2D eigenvalue weighted by Crippen LogP contribution is 2.16. The van der Waals surface area contributed by atoms with Crippen LogP contribution in [0.25, 0.3) is 0 Å². The molecule has 1 rings (SSSR count). The van der Waals surface area contributed by atoms with E-state index in [4.69, 9.17) is 5.73 Å². The summed E-state index contributed by atoms with van der Waals surface area (Å²) in [7, 11) is 3.46. The molecule has 0 unspecified atom stereocenters. The molecule has 0 aliphatic carbocycles. The number of hydrogen-bond acceptors (Lipinski definition) is 4. The Bertz CT molecular complexity index is 413. The van der Waals surface area contributed by atoms with Crippen LogP contribution < -0.4 is 5.73 Å². The van der Waals surface area contributed by atoms with E-state index in [1.54, 1.807) is 12.1 Å². The third-order valence-corrected chi connectivity index (χ3v) is 3.08. The van der Waals surface area contributed by atoms with Crippen LogP contribution in [0.3, 0.4) is 0 Å². The summed E-state index contributed by atoms with van der Waals surface area (Å²) in [5, 5.41) is 0. The summed E-state index contributed by atoms with van der Waals surface area (Å²) in [6.45, 7) is 6.75. The summed E-state index contributed by atoms with van der Waals surface area (Å²) in [4.78, 5) is 13.6. The smallest absolute Gasteiger partial charge is 0.337 e. The highest BCUT2D eigenvalue weighted by molar-refractivity contribution is 5.89. The molecule has 0 aliphatic rings. The standard InChI is InChI=1S/C15H24N2O2/c1-15(2,10-16)11-17(3)9-12-5-7-13(8-6-12)14(18)19-4/h5-8H,9-11,16H2,1-4H3. The first-order valence-corrected chi connectivity index (χ1v) is 6.44. The number of methoxy groups -OCH3 is 1. The molecule has 4 nitrogen and oxygen atoms in total. The van der Waals surface area contributed by atoms with Gasteiger partial charge in [-0.2, -0.15) is 0 Å². The molecule has 0 saturated carbocycles. The van der Waals surface area contributed by atoms with E-state index < -0.39 is 0 Å². The Morgan fingerprint density at radius 2 is 1.89 bits per heavy atom. The van der Waals surface area contributed by atoms with Crippen LogP contribution in [-0.4, -0.2) is 38.1 Å². The van der Waals surface area contributed by atoms with Crippen LogP contribution in [0.4, 0.5) is 0 Å². The van der Waals surface area contributed by atoms with Crippen molar-refractivity contribution in [1.29, 1.82) is 0 Å². The van der Waals surface area contributed by atoms with Crippen LogP contribution in [0.2, 0.25) is 0 Å². The van der Waals surface area contributed by atoms with Gasteiger partial charge in [0.1, 0.15) is 0 Å². The minimum Gasteiger partial charge on any atom is -0.465 e. The Morgan fingerprint density at radius 3 is 2.37 bits per heavy atom. The lowest BCUT2D eigenvalue weighted by Gasteiger charge is -2.29. The number of ether oxygens (including phenoxy) is 1. The highest BCUT2D eigenvalue weighted by atomic mass is 16.5. The summed E-state index contributed by atoms with van der Waals surface area (Å²) >= 11 is 0. The second-order valence-corrected chi connectivity index (χ2v) is 5.73. The molecule has 0 saturated heterocycles. The number of benzene rings is 1. The van der Waals surface area contributed by atoms with Crippen molar-refractivity contribution in [3.8, 4) is 0 Å². The highest BCUT2D eigenvalue weighted by Gasteiger charge is 2.18. The molecule has 106 valence electrons. The van der Waals surface area contributed by atoms with Crippen molar-refractivity contribution >= 4 is 5.97 Å². The van der Waals surface area contributed by atoms with Crippen molar-refractivity contribution in [1.82, 2.24) is 4.90 Å². The van der Waals surface area contributed by atoms with Crippen LogP contribution >= 0.6 is 0 Å². The Balaban J connectivity index is 2.60. The van der Waals surface area contributed by atoms with Crippen molar-refractivity contribution in [2.24, 2.45) is 11.1 Å². The molecule has 0 heterocycles. The fraction of sp³-hybridized carbons (Fsp3) is 0.533. The number of carbonyl (C=O) groups is 1. The average molecular weight is 264 g/mol. The van der Waals surface area contributed by atoms with Crippen LogP contribution in [0, 0.1) is 5.41 Å². The summed E-state index contributed by atoms with van der Waals surface area (Å²) in [6, 6.07) is 7.50. The van der Waals surface area contributed by atoms with Gasteiger partial charge in [0.05, 0.1) is 12.7 Å². The first-order chi connectivity index (χ1) is 8.88. The van der Waals surface area contributed by atoms with Crippen molar-refractivity contribution in [3.63, 3.8) is 0 Å². The molecule has 0 atom stereocenters. The number of carbonyl (C=O) groups excluding carboxylic acids is 1. The van der Waals surface area contributed by atoms with Gasteiger partial charge in [0.15, 0.2) is 0 Å². The van der Waals surface area contributed by atoms with Gasteiger partial charge in [-0.3, -0.25) is 0 Å². The third kappa shape index (κ3) is 5.01. The molecule has 1 aromatic carbocycles. The normalized spacial score (nSPS) is 11.7. The Morgan fingerprint density at radius 1 is 1.32 bits per heavy atom. The molecular formula is C15H24N2O2. The van der Waals surface area contributed by atoms with Gasteiger partial charge in [-0.25, -0.2) is 4.79 Å². The zero-order valence-corrected chi connectivity index (χ0v) is 12.3. The zero-order chi connectivity index (χ0) is 14.5. The topological polar surface area (TPSA) is 55.6 Å². The largest absolute Gasteiger partial charge is 0.465 e. The molecule has 0 spiro atoms. The Kier molecular flexibility index (Phi) is 5.51. The van der Waals surface area contributed by atoms with E-state index in [9.17, 15) is 4.79 Å². The van der Waals surface area contributed by atoms with Crippen LogP contribution in [0.15, 0.2) is 24.3 Å². The van der Waals surface area contributed by atoms with Gasteiger partial charge in [0.2, 0.25) is 0 Å². The minimum atomic E-state index is -0.302. The molecule has 2 N–H and O–H groups in total. The van der Waals surface area contributed by atoms with Gasteiger partial charge >= 0.3 is 5.97 Å². The average Bonchev–Trinajstić information content (AvgIpc) is 2.38. The van der Waals surface area contributed by atoms with Crippen LogP contribution in [-0.2, 0) is 11.3 Å². The van der Waals surface area contributed by atoms with Gasteiger partial charge in [-0.1, -0.05) is 26.0 Å². The number of hydrogen-bond donors (Lipinski definition) is 1. The van der Waals surface area contributed by atoms with Gasteiger partial charge in [0.25, 0.3) is 0 Å². The lowest BCUT2D eigenvalue weighted by molar-refractivity contribution is 0.0600. The summed E-state index contributed by atoms with van der Waals surface area (Å²) in [5.74, 6) is -0.302. The molecule has 0 bridgehead atoms. The molecule has 0 amide bonds. The van der Waals surface area contributed by atoms with E-state index >= 15 is 0 Å². The van der Waals surface area contributed by atoms with E-state index in [0.29, 0.717) is 12.1 Å². The SMILES string of the molecule is COC(=O)c1ccc(CN(C)CC(C)(C)CN)cc1. The predicted molar refractivity (Wildman–Crippen MR) is 77.0 cm³/mol. The van der Waals surface area contributed by atoms with Crippen molar-refractivity contribution in [2.75, 3.05) is 27.2 Å². The first kappa shape index (κ1) is 15.7. The van der Waals surface area contributed by atoms with Crippen molar-refractivity contribution < 1.29 is 9.53 Å². The van der Waals surface area contributed by atoms with Gasteiger partial charge in [-0.05, 0) is 36.7 Å². The molecule has 0 aliphatic heterocycles. The quantitative estimate of drug-likeness (QED) is 0.797.